The van der Waals surface area contributed by atoms with Crippen molar-refractivity contribution in [2.75, 3.05) is 18.0 Å². The molecule has 3 nitrogen and oxygen atoms in total. The van der Waals surface area contributed by atoms with Crippen LogP contribution in [0, 0.1) is 0 Å². The molecule has 112 valence electrons. The van der Waals surface area contributed by atoms with Gasteiger partial charge in [-0.2, -0.15) is 0 Å². The van der Waals surface area contributed by atoms with Crippen molar-refractivity contribution in [2.45, 2.75) is 65.5 Å². The average molecular weight is 275 g/mol. The summed E-state index contributed by atoms with van der Waals surface area (Å²) in [5.74, 6) is 1.16. The first-order chi connectivity index (χ1) is 9.41. The van der Waals surface area contributed by atoms with E-state index in [9.17, 15) is 0 Å². The fourth-order valence-corrected chi connectivity index (χ4v) is 2.75. The summed E-state index contributed by atoms with van der Waals surface area (Å²) in [5.41, 5.74) is 2.64. The van der Waals surface area contributed by atoms with Gasteiger partial charge < -0.3 is 10.2 Å². The van der Waals surface area contributed by atoms with Crippen molar-refractivity contribution < 1.29 is 0 Å². The summed E-state index contributed by atoms with van der Waals surface area (Å²) in [7, 11) is 0. The molecule has 20 heavy (non-hydrogen) atoms. The Morgan fingerprint density at radius 2 is 2.10 bits per heavy atom. The smallest absolute Gasteiger partial charge is 0.129 e. The van der Waals surface area contributed by atoms with Gasteiger partial charge in [-0.1, -0.05) is 27.7 Å². The number of nitrogens with one attached hydrogen (secondary N) is 1. The minimum atomic E-state index is 0.0972. The van der Waals surface area contributed by atoms with E-state index in [1.807, 2.05) is 0 Å². The molecule has 1 aliphatic rings. The molecule has 1 saturated heterocycles. The first-order valence-corrected chi connectivity index (χ1v) is 7.90. The summed E-state index contributed by atoms with van der Waals surface area (Å²) in [6, 6.07) is 5.14. The predicted molar refractivity (Wildman–Crippen MR) is 86.4 cm³/mol. The van der Waals surface area contributed by atoms with Crippen LogP contribution in [-0.2, 0) is 12.0 Å². The molecule has 1 atom stereocenters. The summed E-state index contributed by atoms with van der Waals surface area (Å²) in [6.45, 7) is 14.2. The van der Waals surface area contributed by atoms with Gasteiger partial charge in [-0.05, 0) is 44.0 Å². The molecule has 1 fully saturated rings. The van der Waals surface area contributed by atoms with Crippen LogP contribution in [0.25, 0.3) is 0 Å². The molecule has 0 spiro atoms. The number of rotatable bonds is 4. The molecule has 1 unspecified atom stereocenters. The Kier molecular flexibility index (Phi) is 4.69. The molecule has 0 aliphatic carbocycles. The van der Waals surface area contributed by atoms with Crippen LogP contribution < -0.4 is 10.2 Å². The lowest BCUT2D eigenvalue weighted by Gasteiger charge is -2.26. The number of hydrogen-bond donors (Lipinski definition) is 1. The topological polar surface area (TPSA) is 28.2 Å². The monoisotopic (exact) mass is 275 g/mol. The van der Waals surface area contributed by atoms with E-state index in [1.54, 1.807) is 0 Å². The average Bonchev–Trinajstić information content (AvgIpc) is 2.81. The van der Waals surface area contributed by atoms with Crippen molar-refractivity contribution >= 4 is 5.82 Å². The third-order valence-electron chi connectivity index (χ3n) is 4.07. The predicted octanol–water partition coefficient (Wildman–Crippen LogP) is 3.48. The summed E-state index contributed by atoms with van der Waals surface area (Å²) < 4.78 is 0. The molecule has 0 saturated carbocycles. The Morgan fingerprint density at radius 3 is 2.65 bits per heavy atom. The molecule has 0 aromatic carbocycles. The van der Waals surface area contributed by atoms with E-state index in [4.69, 9.17) is 4.98 Å². The lowest BCUT2D eigenvalue weighted by Crippen LogP contribution is -2.29. The van der Waals surface area contributed by atoms with Crippen LogP contribution in [0.4, 0.5) is 5.82 Å². The number of hydrogen-bond acceptors (Lipinski definition) is 3. The lowest BCUT2D eigenvalue weighted by atomic mass is 9.90. The molecule has 0 amide bonds. The SMILES string of the molecule is CCNCc1cc(N2CCCC2C)nc(C(C)(C)C)c1. The Balaban J connectivity index is 2.34. The zero-order valence-corrected chi connectivity index (χ0v) is 13.7. The maximum atomic E-state index is 4.94. The molecule has 3 heteroatoms. The fourth-order valence-electron chi connectivity index (χ4n) is 2.75. The highest BCUT2D eigenvalue weighted by Crippen LogP contribution is 2.28. The van der Waals surface area contributed by atoms with Gasteiger partial charge >= 0.3 is 0 Å². The second-order valence-corrected chi connectivity index (χ2v) is 6.93. The summed E-state index contributed by atoms with van der Waals surface area (Å²) in [4.78, 5) is 7.41. The van der Waals surface area contributed by atoms with Crippen molar-refractivity contribution in [3.63, 3.8) is 0 Å². The van der Waals surface area contributed by atoms with Gasteiger partial charge in [0.15, 0.2) is 0 Å². The summed E-state index contributed by atoms with van der Waals surface area (Å²) in [5, 5.41) is 3.43. The van der Waals surface area contributed by atoms with Crippen molar-refractivity contribution in [2.24, 2.45) is 0 Å². The van der Waals surface area contributed by atoms with Crippen LogP contribution in [0.5, 0.6) is 0 Å². The van der Waals surface area contributed by atoms with Crippen LogP contribution in [0.15, 0.2) is 12.1 Å². The number of nitrogens with zero attached hydrogens (tertiary/aromatic N) is 2. The van der Waals surface area contributed by atoms with Gasteiger partial charge in [-0.15, -0.1) is 0 Å². The van der Waals surface area contributed by atoms with Crippen molar-refractivity contribution in [3.8, 4) is 0 Å². The highest BCUT2D eigenvalue weighted by Gasteiger charge is 2.24. The van der Waals surface area contributed by atoms with Crippen LogP contribution in [0.2, 0.25) is 0 Å². The molecule has 0 radical (unpaired) electrons. The van der Waals surface area contributed by atoms with Gasteiger partial charge in [0.2, 0.25) is 0 Å². The number of pyridine rings is 1. The standard InChI is InChI=1S/C17H29N3/c1-6-18-12-14-10-15(17(3,4)5)19-16(11-14)20-9-7-8-13(20)2/h10-11,13,18H,6-9,12H2,1-5H3. The van der Waals surface area contributed by atoms with Crippen LogP contribution >= 0.6 is 0 Å². The number of anilines is 1. The Labute approximate surface area is 123 Å². The first kappa shape index (κ1) is 15.3. The van der Waals surface area contributed by atoms with Crippen molar-refractivity contribution in [1.29, 1.82) is 0 Å². The van der Waals surface area contributed by atoms with Gasteiger partial charge in [-0.3, -0.25) is 0 Å². The third-order valence-corrected chi connectivity index (χ3v) is 4.07. The maximum Gasteiger partial charge on any atom is 0.129 e. The Hall–Kier alpha value is -1.09. The van der Waals surface area contributed by atoms with Crippen LogP contribution in [0.3, 0.4) is 0 Å². The van der Waals surface area contributed by atoms with Gasteiger partial charge in [0, 0.05) is 30.2 Å². The molecule has 0 bridgehead atoms. The first-order valence-electron chi connectivity index (χ1n) is 7.90. The normalized spacial score (nSPS) is 19.6. The third kappa shape index (κ3) is 3.51. The molecule has 2 heterocycles. The van der Waals surface area contributed by atoms with Crippen molar-refractivity contribution in [3.05, 3.63) is 23.4 Å². The largest absolute Gasteiger partial charge is 0.354 e. The van der Waals surface area contributed by atoms with Gasteiger partial charge in [0.1, 0.15) is 5.82 Å². The highest BCUT2D eigenvalue weighted by atomic mass is 15.2. The van der Waals surface area contributed by atoms with E-state index in [0.717, 1.165) is 25.5 Å². The summed E-state index contributed by atoms with van der Waals surface area (Å²) >= 11 is 0. The minimum absolute atomic E-state index is 0.0972. The van der Waals surface area contributed by atoms with Gasteiger partial charge in [-0.25, -0.2) is 4.98 Å². The second-order valence-electron chi connectivity index (χ2n) is 6.93. The highest BCUT2D eigenvalue weighted by molar-refractivity contribution is 5.45. The lowest BCUT2D eigenvalue weighted by molar-refractivity contribution is 0.564. The zero-order chi connectivity index (χ0) is 14.8. The fraction of sp³-hybridized carbons (Fsp3) is 0.706. The molecule has 1 aromatic heterocycles. The van der Waals surface area contributed by atoms with Crippen LogP contribution in [0.1, 0.15) is 58.7 Å². The Bertz CT molecular complexity index is 448. The zero-order valence-electron chi connectivity index (χ0n) is 13.7. The molecular formula is C17H29N3. The van der Waals surface area contributed by atoms with Gasteiger partial charge in [0.25, 0.3) is 0 Å². The van der Waals surface area contributed by atoms with E-state index < -0.39 is 0 Å². The molecule has 1 aromatic rings. The Morgan fingerprint density at radius 1 is 1.35 bits per heavy atom. The maximum absolute atomic E-state index is 4.94. The molecule has 1 N–H and O–H groups in total. The van der Waals surface area contributed by atoms with E-state index in [1.165, 1.54) is 24.1 Å². The van der Waals surface area contributed by atoms with Crippen molar-refractivity contribution in [1.82, 2.24) is 10.3 Å². The quantitative estimate of drug-likeness (QED) is 0.912. The minimum Gasteiger partial charge on any atom is -0.354 e. The molecule has 2 rings (SSSR count). The van der Waals surface area contributed by atoms with E-state index >= 15 is 0 Å². The second kappa shape index (κ2) is 6.13. The van der Waals surface area contributed by atoms with E-state index in [2.05, 4.69) is 57.0 Å². The molecule has 1 aliphatic heterocycles. The van der Waals surface area contributed by atoms with E-state index in [-0.39, 0.29) is 5.41 Å². The molecular weight excluding hydrogens is 246 g/mol. The van der Waals surface area contributed by atoms with Crippen LogP contribution in [-0.4, -0.2) is 24.1 Å². The van der Waals surface area contributed by atoms with Gasteiger partial charge in [0.05, 0.1) is 0 Å². The van der Waals surface area contributed by atoms with E-state index in [0.29, 0.717) is 6.04 Å². The number of aromatic nitrogens is 1. The summed E-state index contributed by atoms with van der Waals surface area (Å²) in [6.07, 6.45) is 2.56.